The van der Waals surface area contributed by atoms with Crippen molar-refractivity contribution in [3.05, 3.63) is 59.4 Å². The monoisotopic (exact) mass is 301 g/mol. The van der Waals surface area contributed by atoms with Crippen LogP contribution in [0.5, 0.6) is 0 Å². The summed E-state index contributed by atoms with van der Waals surface area (Å²) in [5.74, 6) is -1.00. The van der Waals surface area contributed by atoms with Crippen LogP contribution in [-0.4, -0.2) is 18.4 Å². The second-order valence-corrected chi connectivity index (χ2v) is 4.67. The van der Waals surface area contributed by atoms with E-state index in [9.17, 15) is 14.0 Å². The summed E-state index contributed by atoms with van der Waals surface area (Å²) in [6, 6.07) is 10.6. The third kappa shape index (κ3) is 3.69. The Morgan fingerprint density at radius 2 is 1.73 bits per heavy atom. The third-order valence-corrected chi connectivity index (χ3v) is 3.05. The lowest BCUT2D eigenvalue weighted by Gasteiger charge is -2.09. The van der Waals surface area contributed by atoms with E-state index in [0.29, 0.717) is 23.4 Å². The van der Waals surface area contributed by atoms with Crippen LogP contribution in [0.1, 0.15) is 34.6 Å². The molecule has 0 saturated heterocycles. The molecular weight excluding hydrogens is 285 g/mol. The number of hydrogen-bond acceptors (Lipinski definition) is 4. The summed E-state index contributed by atoms with van der Waals surface area (Å²) in [6.07, 6.45) is 0. The first-order chi connectivity index (χ1) is 10.5. The van der Waals surface area contributed by atoms with Crippen LogP contribution >= 0.6 is 0 Å². The Bertz CT molecular complexity index is 696. The van der Waals surface area contributed by atoms with E-state index in [2.05, 4.69) is 5.32 Å². The molecule has 0 saturated carbocycles. The van der Waals surface area contributed by atoms with Crippen LogP contribution in [0.15, 0.2) is 42.5 Å². The molecule has 5 heteroatoms. The fourth-order valence-electron chi connectivity index (χ4n) is 1.90. The molecule has 2 aromatic carbocycles. The number of esters is 1. The molecule has 0 bridgehead atoms. The normalized spacial score (nSPS) is 10.1. The number of ether oxygens (including phenoxy) is 1. The molecule has 114 valence electrons. The highest BCUT2D eigenvalue weighted by atomic mass is 19.1. The molecule has 4 nitrogen and oxygen atoms in total. The van der Waals surface area contributed by atoms with Gasteiger partial charge in [0.15, 0.2) is 5.78 Å². The summed E-state index contributed by atoms with van der Waals surface area (Å²) < 4.78 is 18.7. The van der Waals surface area contributed by atoms with E-state index < -0.39 is 11.8 Å². The molecule has 0 amide bonds. The number of carbonyl (C=O) groups is 2. The summed E-state index contributed by atoms with van der Waals surface area (Å²) >= 11 is 0. The Hall–Kier alpha value is -2.69. The Morgan fingerprint density at radius 3 is 2.32 bits per heavy atom. The maximum Gasteiger partial charge on any atom is 0.338 e. The first-order valence-corrected chi connectivity index (χ1v) is 6.86. The first kappa shape index (κ1) is 15.7. The van der Waals surface area contributed by atoms with Gasteiger partial charge in [0.2, 0.25) is 0 Å². The van der Waals surface area contributed by atoms with Crippen molar-refractivity contribution in [2.75, 3.05) is 11.9 Å². The molecule has 0 aliphatic heterocycles. The Morgan fingerprint density at radius 1 is 1.09 bits per heavy atom. The van der Waals surface area contributed by atoms with E-state index in [1.165, 1.54) is 25.1 Å². The number of ketones is 1. The molecule has 0 aliphatic carbocycles. The number of nitrogens with one attached hydrogen (secondary N) is 1. The van der Waals surface area contributed by atoms with Crippen molar-refractivity contribution in [1.29, 1.82) is 0 Å². The predicted octanol–water partition coefficient (Wildman–Crippen LogP) is 3.95. The SMILES string of the molecule is CCOC(=O)c1ccc(Nc2cc(C(C)=O)ccc2F)cc1. The lowest BCUT2D eigenvalue weighted by Crippen LogP contribution is -2.04. The van der Waals surface area contributed by atoms with Crippen LogP contribution in [0.3, 0.4) is 0 Å². The maximum absolute atomic E-state index is 13.8. The number of halogens is 1. The van der Waals surface area contributed by atoms with Crippen molar-refractivity contribution < 1.29 is 18.7 Å². The van der Waals surface area contributed by atoms with E-state index in [0.717, 1.165) is 0 Å². The quantitative estimate of drug-likeness (QED) is 0.671. The topological polar surface area (TPSA) is 55.4 Å². The smallest absolute Gasteiger partial charge is 0.338 e. The molecule has 2 aromatic rings. The highest BCUT2D eigenvalue weighted by Crippen LogP contribution is 2.22. The van der Waals surface area contributed by atoms with Crippen molar-refractivity contribution in [2.45, 2.75) is 13.8 Å². The van der Waals surface area contributed by atoms with E-state index in [1.807, 2.05) is 0 Å². The largest absolute Gasteiger partial charge is 0.462 e. The fraction of sp³-hybridized carbons (Fsp3) is 0.176. The van der Waals surface area contributed by atoms with Gasteiger partial charge >= 0.3 is 5.97 Å². The average Bonchev–Trinajstić information content (AvgIpc) is 2.50. The number of anilines is 2. The van der Waals surface area contributed by atoms with Crippen molar-refractivity contribution in [2.24, 2.45) is 0 Å². The minimum Gasteiger partial charge on any atom is -0.462 e. The Balaban J connectivity index is 2.19. The van der Waals surface area contributed by atoms with Gasteiger partial charge in [0.25, 0.3) is 0 Å². The first-order valence-electron chi connectivity index (χ1n) is 6.86. The van der Waals surface area contributed by atoms with Gasteiger partial charge in [-0.05, 0) is 56.3 Å². The summed E-state index contributed by atoms with van der Waals surface area (Å²) in [7, 11) is 0. The van der Waals surface area contributed by atoms with Crippen molar-refractivity contribution in [3.63, 3.8) is 0 Å². The van der Waals surface area contributed by atoms with Crippen LogP contribution in [0.25, 0.3) is 0 Å². The van der Waals surface area contributed by atoms with E-state index in [4.69, 9.17) is 4.74 Å². The number of carbonyl (C=O) groups excluding carboxylic acids is 2. The summed E-state index contributed by atoms with van der Waals surface area (Å²) in [5, 5.41) is 2.89. The van der Waals surface area contributed by atoms with Gasteiger partial charge in [0, 0.05) is 11.3 Å². The molecule has 0 heterocycles. The van der Waals surface area contributed by atoms with Gasteiger partial charge in [-0.15, -0.1) is 0 Å². The molecule has 0 fully saturated rings. The van der Waals surface area contributed by atoms with Gasteiger partial charge < -0.3 is 10.1 Å². The molecule has 0 radical (unpaired) electrons. The minimum absolute atomic E-state index is 0.138. The number of hydrogen-bond donors (Lipinski definition) is 1. The Kier molecular flexibility index (Phi) is 4.88. The molecule has 2 rings (SSSR count). The van der Waals surface area contributed by atoms with Gasteiger partial charge in [-0.25, -0.2) is 9.18 Å². The molecule has 22 heavy (non-hydrogen) atoms. The molecule has 0 unspecified atom stereocenters. The second kappa shape index (κ2) is 6.85. The van der Waals surface area contributed by atoms with E-state index >= 15 is 0 Å². The standard InChI is InChI=1S/C17H16FNO3/c1-3-22-17(21)12-4-7-14(8-5-12)19-16-10-13(11(2)20)6-9-15(16)18/h4-10,19H,3H2,1-2H3. The zero-order valence-electron chi connectivity index (χ0n) is 12.4. The minimum atomic E-state index is -0.459. The molecular formula is C17H16FNO3. The lowest BCUT2D eigenvalue weighted by molar-refractivity contribution is 0.0526. The van der Waals surface area contributed by atoms with Crippen molar-refractivity contribution in [1.82, 2.24) is 0 Å². The predicted molar refractivity (Wildman–Crippen MR) is 82.1 cm³/mol. The van der Waals surface area contributed by atoms with Gasteiger partial charge in [0.1, 0.15) is 5.82 Å². The summed E-state index contributed by atoms with van der Waals surface area (Å²) in [4.78, 5) is 22.9. The Labute approximate surface area is 127 Å². The lowest BCUT2D eigenvalue weighted by atomic mass is 10.1. The van der Waals surface area contributed by atoms with Crippen LogP contribution in [0.4, 0.5) is 15.8 Å². The van der Waals surface area contributed by atoms with Gasteiger partial charge in [-0.3, -0.25) is 4.79 Å². The number of benzene rings is 2. The van der Waals surface area contributed by atoms with Gasteiger partial charge in [-0.2, -0.15) is 0 Å². The molecule has 0 aromatic heterocycles. The van der Waals surface area contributed by atoms with Gasteiger partial charge in [0.05, 0.1) is 17.9 Å². The van der Waals surface area contributed by atoms with E-state index in [-0.39, 0.29) is 11.5 Å². The molecule has 1 N–H and O–H groups in total. The fourth-order valence-corrected chi connectivity index (χ4v) is 1.90. The molecule has 0 aliphatic rings. The van der Waals surface area contributed by atoms with Gasteiger partial charge in [-0.1, -0.05) is 0 Å². The summed E-state index contributed by atoms with van der Waals surface area (Å²) in [5.41, 5.74) is 1.65. The van der Waals surface area contributed by atoms with Crippen molar-refractivity contribution in [3.8, 4) is 0 Å². The zero-order valence-corrected chi connectivity index (χ0v) is 12.4. The molecule has 0 spiro atoms. The molecule has 0 atom stereocenters. The highest BCUT2D eigenvalue weighted by Gasteiger charge is 2.09. The average molecular weight is 301 g/mol. The van der Waals surface area contributed by atoms with Crippen molar-refractivity contribution >= 4 is 23.1 Å². The number of rotatable bonds is 5. The van der Waals surface area contributed by atoms with Crippen LogP contribution in [0.2, 0.25) is 0 Å². The number of Topliss-reactive ketones (excluding diaryl/α,β-unsaturated/α-hetero) is 1. The maximum atomic E-state index is 13.8. The third-order valence-electron chi connectivity index (χ3n) is 3.05. The van der Waals surface area contributed by atoms with Crippen LogP contribution in [-0.2, 0) is 4.74 Å². The van der Waals surface area contributed by atoms with E-state index in [1.54, 1.807) is 31.2 Å². The van der Waals surface area contributed by atoms with Crippen LogP contribution in [0, 0.1) is 5.82 Å². The highest BCUT2D eigenvalue weighted by molar-refractivity contribution is 5.95. The summed E-state index contributed by atoms with van der Waals surface area (Å²) in [6.45, 7) is 3.46. The zero-order chi connectivity index (χ0) is 16.1. The van der Waals surface area contributed by atoms with Crippen LogP contribution < -0.4 is 5.32 Å². The second-order valence-electron chi connectivity index (χ2n) is 4.67.